The molecular formula is C34H27Cl2N3O6S2. The van der Waals surface area contributed by atoms with Crippen LogP contribution in [0.1, 0.15) is 22.8 Å². The third-order valence-electron chi connectivity index (χ3n) is 9.85. The van der Waals surface area contributed by atoms with Crippen molar-refractivity contribution in [2.75, 3.05) is 23.9 Å². The van der Waals surface area contributed by atoms with Crippen LogP contribution in [0, 0.1) is 29.6 Å². The van der Waals surface area contributed by atoms with Crippen molar-refractivity contribution in [2.24, 2.45) is 29.6 Å². The second-order valence-electron chi connectivity index (χ2n) is 12.2. The fourth-order valence-corrected chi connectivity index (χ4v) is 11.3. The number of ether oxygens (including phenoxy) is 2. The van der Waals surface area contributed by atoms with Crippen LogP contribution in [0.25, 0.3) is 0 Å². The summed E-state index contributed by atoms with van der Waals surface area (Å²) < 4.78 is 11.2. The zero-order chi connectivity index (χ0) is 32.6. The largest absolute Gasteiger partial charge is 0.497 e. The first-order valence-electron chi connectivity index (χ1n) is 15.1. The van der Waals surface area contributed by atoms with E-state index in [1.54, 1.807) is 67.4 Å². The lowest BCUT2D eigenvalue weighted by atomic mass is 9.68. The van der Waals surface area contributed by atoms with Crippen molar-refractivity contribution in [1.82, 2.24) is 4.98 Å². The molecule has 1 saturated heterocycles. The van der Waals surface area contributed by atoms with Crippen LogP contribution >= 0.6 is 46.3 Å². The van der Waals surface area contributed by atoms with E-state index in [1.165, 1.54) is 16.2 Å². The monoisotopic (exact) mass is 707 g/mol. The number of nitrogens with zero attached hydrogens (tertiary/aromatic N) is 1. The highest BCUT2D eigenvalue weighted by Crippen LogP contribution is 2.68. The molecule has 4 aliphatic rings. The highest BCUT2D eigenvalue weighted by molar-refractivity contribution is 8.00. The summed E-state index contributed by atoms with van der Waals surface area (Å²) >= 11 is 14.9. The third-order valence-corrected chi connectivity index (χ3v) is 13.2. The van der Waals surface area contributed by atoms with E-state index in [-0.39, 0.29) is 64.0 Å². The van der Waals surface area contributed by atoms with Gasteiger partial charge in [-0.05, 0) is 84.3 Å². The lowest BCUT2D eigenvalue weighted by molar-refractivity contribution is -0.123. The number of thioether (sulfide) groups is 1. The Hall–Kier alpha value is -3.77. The highest BCUT2D eigenvalue weighted by atomic mass is 35.5. The van der Waals surface area contributed by atoms with Crippen molar-refractivity contribution >= 4 is 75.4 Å². The Bertz CT molecular complexity index is 2000. The number of rotatable bonds is 7. The van der Waals surface area contributed by atoms with Crippen molar-refractivity contribution in [3.05, 3.63) is 96.9 Å². The molecule has 2 N–H and O–H groups in total. The first kappa shape index (κ1) is 30.6. The number of halogens is 2. The van der Waals surface area contributed by atoms with Gasteiger partial charge < -0.3 is 19.8 Å². The molecule has 47 heavy (non-hydrogen) atoms. The molecule has 0 radical (unpaired) electrons. The number of hydrogen-bond acceptors (Lipinski definition) is 8. The molecule has 0 spiro atoms. The minimum Gasteiger partial charge on any atom is -0.497 e. The van der Waals surface area contributed by atoms with Crippen molar-refractivity contribution in [3.63, 3.8) is 0 Å². The van der Waals surface area contributed by atoms with E-state index < -0.39 is 5.92 Å². The Morgan fingerprint density at radius 1 is 0.957 bits per heavy atom. The van der Waals surface area contributed by atoms with Crippen molar-refractivity contribution < 1.29 is 23.9 Å². The van der Waals surface area contributed by atoms with Crippen LogP contribution in [0.5, 0.6) is 11.5 Å². The van der Waals surface area contributed by atoms with Gasteiger partial charge in [0, 0.05) is 21.7 Å². The quantitative estimate of drug-likeness (QED) is 0.212. The van der Waals surface area contributed by atoms with Crippen LogP contribution in [-0.4, -0.2) is 41.7 Å². The first-order valence-corrected chi connectivity index (χ1v) is 17.6. The van der Waals surface area contributed by atoms with E-state index >= 15 is 0 Å². The summed E-state index contributed by atoms with van der Waals surface area (Å²) in [6.45, 7) is -0.231. The number of nitrogens with one attached hydrogen (secondary N) is 2. The molecule has 3 fully saturated rings. The summed E-state index contributed by atoms with van der Waals surface area (Å²) in [7, 11) is 1.57. The smallest absolute Gasteiger partial charge is 0.305 e. The van der Waals surface area contributed by atoms with E-state index in [2.05, 4.69) is 10.3 Å². The molecule has 1 aromatic heterocycles. The Morgan fingerprint density at radius 2 is 1.72 bits per heavy atom. The number of imide groups is 1. The number of carbonyl (C=O) groups is 3. The Balaban J connectivity index is 1.07. The summed E-state index contributed by atoms with van der Waals surface area (Å²) in [4.78, 5) is 58.4. The van der Waals surface area contributed by atoms with Crippen LogP contribution in [0.2, 0.25) is 10.0 Å². The first-order chi connectivity index (χ1) is 22.7. The van der Waals surface area contributed by atoms with Gasteiger partial charge in [0.2, 0.25) is 11.8 Å². The van der Waals surface area contributed by atoms with Gasteiger partial charge >= 0.3 is 4.87 Å². The maximum absolute atomic E-state index is 14.0. The van der Waals surface area contributed by atoms with Gasteiger partial charge in [-0.2, -0.15) is 0 Å². The second kappa shape index (κ2) is 11.7. The van der Waals surface area contributed by atoms with Gasteiger partial charge in [-0.1, -0.05) is 46.7 Å². The van der Waals surface area contributed by atoms with Crippen molar-refractivity contribution in [3.8, 4) is 11.5 Å². The Kier molecular flexibility index (Phi) is 7.63. The highest BCUT2D eigenvalue weighted by Gasteiger charge is 2.69. The number of aromatic amines is 1. The number of carbonyl (C=O) groups excluding carboxylic acids is 3. The van der Waals surface area contributed by atoms with Gasteiger partial charge in [-0.15, -0.1) is 11.8 Å². The van der Waals surface area contributed by atoms with E-state index in [0.29, 0.717) is 32.9 Å². The average Bonchev–Trinajstić information content (AvgIpc) is 3.80. The van der Waals surface area contributed by atoms with E-state index in [9.17, 15) is 19.2 Å². The fraction of sp³-hybridized carbons (Fsp3) is 0.294. The molecule has 240 valence electrons. The maximum Gasteiger partial charge on any atom is 0.305 e. The standard InChI is InChI=1S/C34H27Cl2N3O6S2/c1-44-18-8-6-17(7-9-18)39-32(41)27-20-13-21(28(27)33(39)42)29-26(20)25(30-31(46-29)38-34(43)47-30)15-3-2-4-19(11-15)45-14-24(40)37-16-5-10-22(35)23(36)12-16/h2-12,20-21,25-29H,13-14H2,1H3,(H,37,40)(H,38,43)/t20-,21-,25+,26-,27+,28+,29-/m1/s1. The summed E-state index contributed by atoms with van der Waals surface area (Å²) in [5.74, 6) is -0.484. The predicted octanol–water partition coefficient (Wildman–Crippen LogP) is 6.45. The number of aromatic nitrogens is 1. The molecular weight excluding hydrogens is 681 g/mol. The van der Waals surface area contributed by atoms with E-state index in [4.69, 9.17) is 32.7 Å². The molecule has 2 aliphatic carbocycles. The van der Waals surface area contributed by atoms with Gasteiger partial charge in [-0.25, -0.2) is 0 Å². The molecule has 0 unspecified atom stereocenters. The number of hydrogen-bond donors (Lipinski definition) is 2. The number of benzene rings is 3. The van der Waals surface area contributed by atoms with Gasteiger partial charge in [0.15, 0.2) is 6.61 Å². The van der Waals surface area contributed by atoms with E-state index in [0.717, 1.165) is 21.9 Å². The maximum atomic E-state index is 14.0. The molecule has 3 aromatic carbocycles. The van der Waals surface area contributed by atoms with Crippen LogP contribution in [0.3, 0.4) is 0 Å². The summed E-state index contributed by atoms with van der Waals surface area (Å²) in [5, 5.41) is 4.36. The molecule has 2 saturated carbocycles. The van der Waals surface area contributed by atoms with Crippen LogP contribution < -0.4 is 24.6 Å². The third kappa shape index (κ3) is 5.06. The van der Waals surface area contributed by atoms with Gasteiger partial charge in [0.25, 0.3) is 5.91 Å². The minimum absolute atomic E-state index is 0.00301. The number of thiazole rings is 1. The molecule has 7 atom stereocenters. The number of H-pyrrole nitrogens is 1. The second-order valence-corrected chi connectivity index (χ2v) is 15.2. The average molecular weight is 709 g/mol. The van der Waals surface area contributed by atoms with Crippen LogP contribution in [0.4, 0.5) is 11.4 Å². The Morgan fingerprint density at radius 3 is 2.47 bits per heavy atom. The van der Waals surface area contributed by atoms with Crippen LogP contribution in [0.15, 0.2) is 76.6 Å². The molecule has 8 rings (SSSR count). The molecule has 4 aromatic rings. The summed E-state index contributed by atoms with van der Waals surface area (Å²) in [5.41, 5.74) is 1.99. The summed E-state index contributed by atoms with van der Waals surface area (Å²) in [6, 6.07) is 19.4. The Labute approximate surface area is 287 Å². The number of fused-ring (bicyclic) bond motifs is 9. The van der Waals surface area contributed by atoms with Crippen LogP contribution in [-0.2, 0) is 14.4 Å². The zero-order valence-electron chi connectivity index (χ0n) is 24.8. The number of amides is 3. The molecule has 2 bridgehead atoms. The molecule has 9 nitrogen and oxygen atoms in total. The van der Waals surface area contributed by atoms with Gasteiger partial charge in [0.1, 0.15) is 11.5 Å². The molecule has 3 heterocycles. The molecule has 2 aliphatic heterocycles. The van der Waals surface area contributed by atoms with Crippen molar-refractivity contribution in [2.45, 2.75) is 22.6 Å². The molecule has 13 heteroatoms. The minimum atomic E-state index is -0.416. The SMILES string of the molecule is COc1ccc(N2C(=O)[C@H]3[C@H]4C[C@@H]([C@@H]3C2=O)[C@@H]2[C@H](c3cccc(OCC(=O)Nc5ccc(Cl)c(Cl)c5)c3)c3sc(=O)[nH]c3S[C@H]42)cc1. The topological polar surface area (TPSA) is 118 Å². The lowest BCUT2D eigenvalue weighted by Gasteiger charge is -2.43. The predicted molar refractivity (Wildman–Crippen MR) is 181 cm³/mol. The zero-order valence-corrected chi connectivity index (χ0v) is 27.9. The van der Waals surface area contributed by atoms with Gasteiger partial charge in [0.05, 0.1) is 39.7 Å². The normalized spacial score (nSPS) is 27.0. The molecule has 3 amide bonds. The summed E-state index contributed by atoms with van der Waals surface area (Å²) in [6.07, 6.45) is 0.784. The number of methoxy groups -OCH3 is 1. The van der Waals surface area contributed by atoms with Gasteiger partial charge in [-0.3, -0.25) is 24.1 Å². The van der Waals surface area contributed by atoms with E-state index in [1.807, 2.05) is 18.2 Å². The fourth-order valence-electron chi connectivity index (χ4n) is 8.09. The number of anilines is 2. The lowest BCUT2D eigenvalue weighted by Crippen LogP contribution is -2.42. The van der Waals surface area contributed by atoms with Crippen molar-refractivity contribution in [1.29, 1.82) is 0 Å².